The number of nitrogens with two attached hydrogens (primary N) is 1. The van der Waals surface area contributed by atoms with Gasteiger partial charge in [-0.2, -0.15) is 0 Å². The van der Waals surface area contributed by atoms with Gasteiger partial charge in [-0.1, -0.05) is 29.3 Å². The molecule has 104 valence electrons. The number of rotatable bonds is 3. The van der Waals surface area contributed by atoms with Crippen LogP contribution in [0.4, 0.5) is 10.1 Å². The number of nitrogen functional groups attached to an aromatic ring is 1. The molecule has 0 radical (unpaired) electrons. The zero-order valence-corrected chi connectivity index (χ0v) is 11.6. The third-order valence-electron chi connectivity index (χ3n) is 2.80. The molecule has 0 fully saturated rings. The van der Waals surface area contributed by atoms with Crippen molar-refractivity contribution in [2.75, 3.05) is 5.73 Å². The quantitative estimate of drug-likeness (QED) is 0.693. The second-order valence-electron chi connectivity index (χ2n) is 4.40. The fourth-order valence-electron chi connectivity index (χ4n) is 1.71. The maximum atomic E-state index is 13.5. The van der Waals surface area contributed by atoms with Gasteiger partial charge >= 0.3 is 5.97 Å². The molecule has 3 nitrogen and oxygen atoms in total. The lowest BCUT2D eigenvalue weighted by Gasteiger charge is -2.08. The average molecular weight is 294 g/mol. The van der Waals surface area contributed by atoms with Gasteiger partial charge in [0.1, 0.15) is 12.4 Å². The number of carbonyl (C=O) groups is 1. The molecular formula is C15H13ClFNO2. The molecule has 0 saturated heterocycles. The maximum absolute atomic E-state index is 13.5. The van der Waals surface area contributed by atoms with E-state index in [1.807, 2.05) is 6.92 Å². The molecule has 0 atom stereocenters. The van der Waals surface area contributed by atoms with Crippen LogP contribution in [0.15, 0.2) is 36.4 Å². The predicted octanol–water partition coefficient (Wildman–Crippen LogP) is 3.73. The third-order valence-corrected chi connectivity index (χ3v) is 3.04. The molecule has 2 aromatic rings. The summed E-state index contributed by atoms with van der Waals surface area (Å²) in [6.45, 7) is 1.67. The van der Waals surface area contributed by atoms with Crippen LogP contribution in [0.3, 0.4) is 0 Å². The van der Waals surface area contributed by atoms with Crippen molar-refractivity contribution in [2.45, 2.75) is 13.5 Å². The largest absolute Gasteiger partial charge is 0.457 e. The Bertz CT molecular complexity index is 658. The van der Waals surface area contributed by atoms with Crippen molar-refractivity contribution in [2.24, 2.45) is 0 Å². The van der Waals surface area contributed by atoms with E-state index in [2.05, 4.69) is 0 Å². The van der Waals surface area contributed by atoms with Crippen molar-refractivity contribution in [3.63, 3.8) is 0 Å². The van der Waals surface area contributed by atoms with Crippen LogP contribution in [0, 0.1) is 12.7 Å². The van der Waals surface area contributed by atoms with Crippen LogP contribution in [0.25, 0.3) is 0 Å². The molecule has 5 heteroatoms. The van der Waals surface area contributed by atoms with Crippen LogP contribution < -0.4 is 5.73 Å². The van der Waals surface area contributed by atoms with Crippen molar-refractivity contribution < 1.29 is 13.9 Å². The van der Waals surface area contributed by atoms with Gasteiger partial charge in [0.15, 0.2) is 0 Å². The molecule has 2 N–H and O–H groups in total. The first-order valence-electron chi connectivity index (χ1n) is 5.94. The third kappa shape index (κ3) is 3.27. The summed E-state index contributed by atoms with van der Waals surface area (Å²) in [5.74, 6) is -1.09. The Hall–Kier alpha value is -2.07. The zero-order valence-electron chi connectivity index (χ0n) is 10.8. The van der Waals surface area contributed by atoms with Crippen LogP contribution in [0.5, 0.6) is 0 Å². The highest BCUT2D eigenvalue weighted by Crippen LogP contribution is 2.18. The summed E-state index contributed by atoms with van der Waals surface area (Å²) in [5, 5.41) is 0.292. The van der Waals surface area contributed by atoms with E-state index in [-0.39, 0.29) is 17.7 Å². The zero-order chi connectivity index (χ0) is 14.7. The lowest BCUT2D eigenvalue weighted by atomic mass is 10.1. The molecule has 0 aliphatic rings. The number of hydrogen-bond donors (Lipinski definition) is 1. The first-order chi connectivity index (χ1) is 9.47. The fraction of sp³-hybridized carbons (Fsp3) is 0.133. The van der Waals surface area contributed by atoms with Crippen molar-refractivity contribution in [3.05, 3.63) is 63.9 Å². The number of carbonyl (C=O) groups excluding carboxylic acids is 1. The Balaban J connectivity index is 2.10. The number of ether oxygens (including phenoxy) is 1. The number of hydrogen-bond acceptors (Lipinski definition) is 3. The van der Waals surface area contributed by atoms with Crippen LogP contribution >= 0.6 is 11.6 Å². The van der Waals surface area contributed by atoms with E-state index in [0.29, 0.717) is 10.7 Å². The minimum Gasteiger partial charge on any atom is -0.457 e. The first kappa shape index (κ1) is 14.3. The number of halogens is 2. The Morgan fingerprint density at radius 1 is 1.30 bits per heavy atom. The molecule has 0 aliphatic heterocycles. The van der Waals surface area contributed by atoms with E-state index < -0.39 is 11.8 Å². The molecule has 2 rings (SSSR count). The second-order valence-corrected chi connectivity index (χ2v) is 4.84. The molecule has 0 aromatic heterocycles. The molecule has 0 saturated carbocycles. The molecule has 0 aliphatic carbocycles. The van der Waals surface area contributed by atoms with Crippen molar-refractivity contribution in [1.82, 2.24) is 0 Å². The number of esters is 1. The Morgan fingerprint density at radius 2 is 2.05 bits per heavy atom. The van der Waals surface area contributed by atoms with E-state index in [0.717, 1.165) is 5.56 Å². The molecule has 20 heavy (non-hydrogen) atoms. The van der Waals surface area contributed by atoms with Crippen molar-refractivity contribution in [1.29, 1.82) is 0 Å². The van der Waals surface area contributed by atoms with Crippen LogP contribution in [-0.4, -0.2) is 5.97 Å². The number of aryl methyl sites for hydroxylation is 1. The SMILES string of the molecule is Cc1ccc(N)c(C(=O)OCc2ccc(Cl)cc2F)c1. The normalized spacial score (nSPS) is 10.3. The van der Waals surface area contributed by atoms with Crippen LogP contribution in [-0.2, 0) is 11.3 Å². The van der Waals surface area contributed by atoms with Gasteiger partial charge in [-0.05, 0) is 31.2 Å². The van der Waals surface area contributed by atoms with Crippen LogP contribution in [0.1, 0.15) is 21.5 Å². The average Bonchev–Trinajstić information content (AvgIpc) is 2.40. The Kier molecular flexibility index (Phi) is 4.25. The van der Waals surface area contributed by atoms with E-state index in [1.54, 1.807) is 18.2 Å². The summed E-state index contributed by atoms with van der Waals surface area (Å²) < 4.78 is 18.6. The van der Waals surface area contributed by atoms with Gasteiger partial charge in [0.25, 0.3) is 0 Å². The Labute approximate surface area is 121 Å². The monoisotopic (exact) mass is 293 g/mol. The molecule has 0 bridgehead atoms. The topological polar surface area (TPSA) is 52.3 Å². The van der Waals surface area contributed by atoms with Crippen LogP contribution in [0.2, 0.25) is 5.02 Å². The van der Waals surface area contributed by atoms with Gasteiger partial charge in [-0.15, -0.1) is 0 Å². The fourth-order valence-corrected chi connectivity index (χ4v) is 1.87. The summed E-state index contributed by atoms with van der Waals surface area (Å²) in [6.07, 6.45) is 0. The minimum absolute atomic E-state index is 0.171. The first-order valence-corrected chi connectivity index (χ1v) is 6.32. The summed E-state index contributed by atoms with van der Waals surface area (Å²) in [7, 11) is 0. The van der Waals surface area contributed by atoms with Gasteiger partial charge in [0.2, 0.25) is 0 Å². The van der Waals surface area contributed by atoms with Gasteiger partial charge in [0.05, 0.1) is 5.56 Å². The number of anilines is 1. The molecule has 2 aromatic carbocycles. The minimum atomic E-state index is -0.583. The summed E-state index contributed by atoms with van der Waals surface area (Å²) in [6, 6.07) is 9.25. The molecule has 0 heterocycles. The second kappa shape index (κ2) is 5.92. The van der Waals surface area contributed by atoms with E-state index in [9.17, 15) is 9.18 Å². The molecular weight excluding hydrogens is 281 g/mol. The highest BCUT2D eigenvalue weighted by molar-refractivity contribution is 6.30. The molecule has 0 spiro atoms. The van der Waals surface area contributed by atoms with Gasteiger partial charge in [0, 0.05) is 16.3 Å². The predicted molar refractivity (Wildman–Crippen MR) is 76.1 cm³/mol. The smallest absolute Gasteiger partial charge is 0.340 e. The van der Waals surface area contributed by atoms with E-state index in [4.69, 9.17) is 22.1 Å². The molecule has 0 unspecified atom stereocenters. The highest BCUT2D eigenvalue weighted by Gasteiger charge is 2.13. The van der Waals surface area contributed by atoms with E-state index in [1.165, 1.54) is 18.2 Å². The summed E-state index contributed by atoms with van der Waals surface area (Å²) >= 11 is 5.65. The highest BCUT2D eigenvalue weighted by atomic mass is 35.5. The Morgan fingerprint density at radius 3 is 2.75 bits per heavy atom. The maximum Gasteiger partial charge on any atom is 0.340 e. The summed E-state index contributed by atoms with van der Waals surface area (Å²) in [4.78, 5) is 11.9. The number of benzene rings is 2. The lowest BCUT2D eigenvalue weighted by molar-refractivity contribution is 0.0470. The van der Waals surface area contributed by atoms with Crippen molar-refractivity contribution in [3.8, 4) is 0 Å². The van der Waals surface area contributed by atoms with E-state index >= 15 is 0 Å². The molecule has 0 amide bonds. The lowest BCUT2D eigenvalue weighted by Crippen LogP contribution is -2.09. The summed E-state index contributed by atoms with van der Waals surface area (Å²) in [5.41, 5.74) is 7.48. The van der Waals surface area contributed by atoms with Crippen molar-refractivity contribution >= 4 is 23.3 Å². The van der Waals surface area contributed by atoms with Gasteiger partial charge < -0.3 is 10.5 Å². The van der Waals surface area contributed by atoms with Gasteiger partial charge in [-0.3, -0.25) is 0 Å². The van der Waals surface area contributed by atoms with Gasteiger partial charge in [-0.25, -0.2) is 9.18 Å². The standard InChI is InChI=1S/C15H13ClFNO2/c1-9-2-5-14(18)12(6-9)15(19)20-8-10-3-4-11(16)7-13(10)17/h2-7H,8,18H2,1H3.